The summed E-state index contributed by atoms with van der Waals surface area (Å²) in [6.45, 7) is 2.77. The maximum Gasteiger partial charge on any atom is 0.256 e. The second-order valence-corrected chi connectivity index (χ2v) is 14.9. The highest BCUT2D eigenvalue weighted by atomic mass is 19.1. The summed E-state index contributed by atoms with van der Waals surface area (Å²) in [5, 5.41) is 12.5. The lowest BCUT2D eigenvalue weighted by Crippen LogP contribution is -2.52. The molecule has 2 saturated heterocycles. The van der Waals surface area contributed by atoms with Crippen LogP contribution < -0.4 is 15.5 Å². The average Bonchev–Trinajstić information content (AvgIpc) is 3.89. The molecule has 4 aliphatic rings. The number of fused-ring (bicyclic) bond motifs is 2. The molecule has 0 bridgehead atoms. The Labute approximate surface area is 323 Å². The molecule has 290 valence electrons. The minimum absolute atomic E-state index is 0.161. The Bertz CT molecular complexity index is 2190. The molecule has 4 aromatic rings. The van der Waals surface area contributed by atoms with Crippen LogP contribution in [0, 0.1) is 5.82 Å². The maximum absolute atomic E-state index is 15.3. The number of hydrogen-bond acceptors (Lipinski definition) is 9. The van der Waals surface area contributed by atoms with E-state index in [9.17, 15) is 24.0 Å². The average molecular weight is 763 g/mol. The third kappa shape index (κ3) is 7.15. The Hall–Kier alpha value is -5.93. The number of anilines is 2. The lowest BCUT2D eigenvalue weighted by atomic mass is 10.0. The molecule has 0 saturated carbocycles. The number of ether oxygens (including phenoxy) is 1. The number of H-pyrrole nitrogens is 1. The molecule has 56 heavy (non-hydrogen) atoms. The normalized spacial score (nSPS) is 19.0. The molecule has 2 fully saturated rings. The van der Waals surface area contributed by atoms with Gasteiger partial charge in [0.05, 0.1) is 18.8 Å². The molecule has 15 heteroatoms. The molecule has 0 aliphatic carbocycles. The van der Waals surface area contributed by atoms with Crippen molar-refractivity contribution >= 4 is 41.0 Å². The zero-order chi connectivity index (χ0) is 39.1. The van der Waals surface area contributed by atoms with Gasteiger partial charge in [0.25, 0.3) is 17.7 Å². The number of halogens is 1. The van der Waals surface area contributed by atoms with E-state index in [1.807, 2.05) is 49.5 Å². The van der Waals surface area contributed by atoms with Crippen LogP contribution in [0.2, 0.25) is 0 Å². The minimum atomic E-state index is -0.745. The first-order valence-electron chi connectivity index (χ1n) is 18.8. The number of nitrogens with one attached hydrogen (secondary N) is 3. The van der Waals surface area contributed by atoms with Gasteiger partial charge in [-0.05, 0) is 73.8 Å². The summed E-state index contributed by atoms with van der Waals surface area (Å²) in [6.07, 6.45) is 1.40. The molecule has 3 N–H and O–H groups in total. The summed E-state index contributed by atoms with van der Waals surface area (Å²) >= 11 is 0. The van der Waals surface area contributed by atoms with Crippen molar-refractivity contribution in [2.45, 2.75) is 70.0 Å². The van der Waals surface area contributed by atoms with Gasteiger partial charge < -0.3 is 24.8 Å². The number of aromatic nitrogens is 2. The van der Waals surface area contributed by atoms with E-state index in [1.54, 1.807) is 23.1 Å². The van der Waals surface area contributed by atoms with Crippen LogP contribution in [-0.2, 0) is 45.3 Å². The highest BCUT2D eigenvalue weighted by molar-refractivity contribution is 6.06. The zero-order valence-electron chi connectivity index (χ0n) is 31.2. The van der Waals surface area contributed by atoms with Crippen molar-refractivity contribution < 1.29 is 33.1 Å². The fourth-order valence-electron chi connectivity index (χ4n) is 8.30. The Kier molecular flexibility index (Phi) is 10.1. The molecule has 0 radical (unpaired) electrons. The van der Waals surface area contributed by atoms with Crippen molar-refractivity contribution in [3.8, 4) is 0 Å². The van der Waals surface area contributed by atoms with Gasteiger partial charge in [-0.2, -0.15) is 5.10 Å². The molecule has 2 atom stereocenters. The Morgan fingerprint density at radius 1 is 1.00 bits per heavy atom. The fourth-order valence-corrected chi connectivity index (χ4v) is 8.30. The Balaban J connectivity index is 0.831. The van der Waals surface area contributed by atoms with Gasteiger partial charge in [-0.3, -0.25) is 39.3 Å². The monoisotopic (exact) mass is 762 g/mol. The molecule has 14 nitrogen and oxygen atoms in total. The van der Waals surface area contributed by atoms with Gasteiger partial charge in [-0.1, -0.05) is 30.3 Å². The first-order valence-corrected chi connectivity index (χ1v) is 18.8. The van der Waals surface area contributed by atoms with Crippen LogP contribution in [-0.4, -0.2) is 93.8 Å². The summed E-state index contributed by atoms with van der Waals surface area (Å²) in [7, 11) is 3.49. The van der Waals surface area contributed by atoms with Crippen LogP contribution in [0.4, 0.5) is 15.9 Å². The molecular formula is C41H43FN8O6. The topological polar surface area (TPSA) is 160 Å². The number of piperidine rings is 2. The van der Waals surface area contributed by atoms with Gasteiger partial charge in [-0.15, -0.1) is 0 Å². The summed E-state index contributed by atoms with van der Waals surface area (Å²) in [5.41, 5.74) is 5.23. The number of methoxy groups -OCH3 is 1. The SMILES string of the molecule is COC(C(=O)N1Cc2[nH]nc(NC(=O)c3ccc(N4CCC(N(C)Cc5cc6c(cc5F)C(=O)N(C5CCC(=O)NC5=O)C6)CC4)cc3)c2C1)c1ccccc1. The van der Waals surface area contributed by atoms with E-state index in [-0.39, 0.29) is 48.7 Å². The molecule has 0 spiro atoms. The molecule has 8 rings (SSSR count). The number of hydrogen-bond donors (Lipinski definition) is 3. The molecule has 5 amide bonds. The second kappa shape index (κ2) is 15.3. The minimum Gasteiger partial charge on any atom is -0.371 e. The first-order chi connectivity index (χ1) is 27.1. The molecule has 4 aliphatic heterocycles. The number of nitrogens with zero attached hydrogens (tertiary/aromatic N) is 5. The predicted octanol–water partition coefficient (Wildman–Crippen LogP) is 3.89. The number of imide groups is 1. The van der Waals surface area contributed by atoms with Crippen molar-refractivity contribution in [1.82, 2.24) is 30.2 Å². The van der Waals surface area contributed by atoms with E-state index in [0.717, 1.165) is 48.4 Å². The number of carbonyl (C=O) groups is 5. The summed E-state index contributed by atoms with van der Waals surface area (Å²) in [5.74, 6) is -1.77. The standard InChI is InChI=1S/C41H43FN8O6/c1-47(20-27-18-26-21-50(40(54)30(26)19-32(27)42)34-12-13-35(51)43-39(34)53)28-14-16-48(17-15-28)29-10-8-25(9-11-29)38(52)44-37-31-22-49(23-33(31)45-46-37)41(55)36(56-2)24-6-4-3-5-7-24/h3-11,18-19,28,34,36H,12-17,20-23H2,1-2H3,(H,43,51,53)(H2,44,45,46,52). The van der Waals surface area contributed by atoms with Gasteiger partial charge in [0.15, 0.2) is 11.9 Å². The smallest absolute Gasteiger partial charge is 0.256 e. The first kappa shape index (κ1) is 37.0. The van der Waals surface area contributed by atoms with E-state index in [2.05, 4.69) is 30.6 Å². The van der Waals surface area contributed by atoms with E-state index >= 15 is 4.39 Å². The Morgan fingerprint density at radius 3 is 2.46 bits per heavy atom. The summed E-state index contributed by atoms with van der Waals surface area (Å²) in [6, 6.07) is 19.3. The van der Waals surface area contributed by atoms with Crippen LogP contribution in [0.15, 0.2) is 66.7 Å². The van der Waals surface area contributed by atoms with Crippen molar-refractivity contribution in [2.75, 3.05) is 37.5 Å². The van der Waals surface area contributed by atoms with Gasteiger partial charge in [0.2, 0.25) is 11.8 Å². The lowest BCUT2D eigenvalue weighted by Gasteiger charge is -2.38. The van der Waals surface area contributed by atoms with Crippen LogP contribution in [0.5, 0.6) is 0 Å². The number of carbonyl (C=O) groups excluding carboxylic acids is 5. The van der Waals surface area contributed by atoms with Gasteiger partial charge in [0, 0.05) is 73.7 Å². The van der Waals surface area contributed by atoms with Crippen LogP contribution in [0.25, 0.3) is 0 Å². The molecule has 1 aromatic heterocycles. The van der Waals surface area contributed by atoms with E-state index in [1.165, 1.54) is 18.1 Å². The largest absolute Gasteiger partial charge is 0.371 e. The maximum atomic E-state index is 15.3. The van der Waals surface area contributed by atoms with E-state index < -0.39 is 29.8 Å². The molecule has 2 unspecified atom stereocenters. The Morgan fingerprint density at radius 2 is 1.75 bits per heavy atom. The van der Waals surface area contributed by atoms with Crippen molar-refractivity contribution in [3.63, 3.8) is 0 Å². The van der Waals surface area contributed by atoms with Crippen LogP contribution in [0.1, 0.15) is 80.5 Å². The highest BCUT2D eigenvalue weighted by Gasteiger charge is 2.40. The zero-order valence-corrected chi connectivity index (χ0v) is 31.2. The summed E-state index contributed by atoms with van der Waals surface area (Å²) in [4.78, 5) is 71.3. The fraction of sp³-hybridized carbons (Fsp3) is 0.366. The van der Waals surface area contributed by atoms with Gasteiger partial charge >= 0.3 is 0 Å². The number of aromatic amines is 1. The third-order valence-electron chi connectivity index (χ3n) is 11.4. The van der Waals surface area contributed by atoms with Crippen LogP contribution >= 0.6 is 0 Å². The van der Waals surface area contributed by atoms with Crippen molar-refractivity contribution in [2.24, 2.45) is 0 Å². The van der Waals surface area contributed by atoms with E-state index in [4.69, 9.17) is 4.74 Å². The van der Waals surface area contributed by atoms with Gasteiger partial charge in [-0.25, -0.2) is 4.39 Å². The summed E-state index contributed by atoms with van der Waals surface area (Å²) < 4.78 is 20.9. The second-order valence-electron chi connectivity index (χ2n) is 14.9. The molecular weight excluding hydrogens is 719 g/mol. The van der Waals surface area contributed by atoms with E-state index in [0.29, 0.717) is 42.1 Å². The molecule has 5 heterocycles. The van der Waals surface area contributed by atoms with Crippen molar-refractivity contribution in [1.29, 1.82) is 0 Å². The predicted molar refractivity (Wildman–Crippen MR) is 203 cm³/mol. The lowest BCUT2D eigenvalue weighted by molar-refractivity contribution is -0.143. The number of rotatable bonds is 10. The van der Waals surface area contributed by atoms with Gasteiger partial charge in [0.1, 0.15) is 11.9 Å². The van der Waals surface area contributed by atoms with Crippen molar-refractivity contribution in [3.05, 3.63) is 112 Å². The highest BCUT2D eigenvalue weighted by Crippen LogP contribution is 2.33. The van der Waals surface area contributed by atoms with Crippen LogP contribution in [0.3, 0.4) is 0 Å². The third-order valence-corrected chi connectivity index (χ3v) is 11.4. The molecule has 3 aromatic carbocycles. The quantitative estimate of drug-likeness (QED) is 0.204. The number of benzene rings is 3. The number of amides is 5.